The summed E-state index contributed by atoms with van der Waals surface area (Å²) in [4.78, 5) is 37.3. The van der Waals surface area contributed by atoms with Crippen molar-refractivity contribution in [3.05, 3.63) is 71.1 Å². The lowest BCUT2D eigenvalue weighted by Gasteiger charge is -2.32. The average molecular weight is 819 g/mol. The number of carbonyl (C=O) groups is 2. The van der Waals surface area contributed by atoms with Gasteiger partial charge in [0.25, 0.3) is 5.91 Å². The molecule has 1 fully saturated rings. The molecule has 0 unspecified atom stereocenters. The zero-order valence-electron chi connectivity index (χ0n) is 29.8. The van der Waals surface area contributed by atoms with E-state index < -0.39 is 79.8 Å². The van der Waals surface area contributed by atoms with Gasteiger partial charge < -0.3 is 15.8 Å². The van der Waals surface area contributed by atoms with Crippen LogP contribution < -0.4 is 11.1 Å². The van der Waals surface area contributed by atoms with Crippen molar-refractivity contribution in [3.8, 4) is 22.6 Å². The van der Waals surface area contributed by atoms with Gasteiger partial charge in [-0.25, -0.2) is 9.78 Å². The second kappa shape index (κ2) is 16.4. The Bertz CT molecular complexity index is 2050. The molecule has 2 amide bonds. The van der Waals surface area contributed by atoms with Crippen molar-refractivity contribution in [2.75, 3.05) is 13.2 Å². The first-order valence-electron chi connectivity index (χ1n) is 16.9. The molecule has 1 saturated carbocycles. The number of amides is 2. The van der Waals surface area contributed by atoms with Gasteiger partial charge in [0.2, 0.25) is 0 Å². The van der Waals surface area contributed by atoms with Crippen molar-refractivity contribution in [2.24, 2.45) is 16.1 Å². The molecule has 5 rings (SSSR count). The van der Waals surface area contributed by atoms with E-state index in [0.29, 0.717) is 18.2 Å². The zero-order chi connectivity index (χ0) is 41.2. The summed E-state index contributed by atoms with van der Waals surface area (Å²) in [7, 11) is 0. The Balaban J connectivity index is 1.58. The number of nitrogens with two attached hydrogens (primary N) is 1. The molecule has 56 heavy (non-hydrogen) atoms. The van der Waals surface area contributed by atoms with Crippen LogP contribution in [0.25, 0.3) is 22.6 Å². The Morgan fingerprint density at radius 1 is 1.07 bits per heavy atom. The number of benzene rings is 2. The fourth-order valence-corrected chi connectivity index (χ4v) is 5.37. The average Bonchev–Trinajstić information content (AvgIpc) is 3.63. The van der Waals surface area contributed by atoms with Gasteiger partial charge >= 0.3 is 25.0 Å². The number of alkyl carbamates (subject to hydrolysis) is 1. The van der Waals surface area contributed by atoms with E-state index in [9.17, 15) is 44.7 Å². The first-order valence-corrected chi connectivity index (χ1v) is 17.3. The second-order valence-corrected chi connectivity index (χ2v) is 13.9. The SMILES string of the molecule is C[C@H](NC(=O)OC[C@H](c1ccc(Cl)c(-c2ncnn2C(F)F)c1)N(C(=O)c1ccc(-c2cnn(C3CC3)n2)cc1)C(N)=NCCC(C)(C)C(F)(F)F)C(F)(F)F. The van der Waals surface area contributed by atoms with Gasteiger partial charge in [0.15, 0.2) is 11.8 Å². The minimum atomic E-state index is -4.86. The van der Waals surface area contributed by atoms with E-state index in [2.05, 4.69) is 25.3 Å². The molecule has 2 aromatic heterocycles. The third kappa shape index (κ3) is 9.72. The molecule has 2 aromatic carbocycles. The predicted octanol–water partition coefficient (Wildman–Crippen LogP) is 7.74. The molecule has 302 valence electrons. The van der Waals surface area contributed by atoms with E-state index in [1.165, 1.54) is 30.3 Å². The normalized spacial score (nSPS) is 15.1. The highest BCUT2D eigenvalue weighted by molar-refractivity contribution is 6.33. The van der Waals surface area contributed by atoms with Gasteiger partial charge in [-0.05, 0) is 56.0 Å². The fraction of sp³-hybridized carbons (Fsp3) is 0.441. The van der Waals surface area contributed by atoms with E-state index >= 15 is 0 Å². The highest BCUT2D eigenvalue weighted by Gasteiger charge is 2.46. The number of hydrogen-bond acceptors (Lipinski definition) is 8. The minimum absolute atomic E-state index is 0.0414. The molecule has 3 N–H and O–H groups in total. The molecule has 0 spiro atoms. The van der Waals surface area contributed by atoms with E-state index in [1.54, 1.807) is 28.4 Å². The molecule has 1 aliphatic rings. The second-order valence-electron chi connectivity index (χ2n) is 13.5. The number of nitrogens with zero attached hydrogens (tertiary/aromatic N) is 8. The Hall–Kier alpha value is -5.34. The lowest BCUT2D eigenvalue weighted by Crippen LogP contribution is -2.48. The molecule has 2 heterocycles. The van der Waals surface area contributed by atoms with Crippen molar-refractivity contribution in [2.45, 2.75) is 77.1 Å². The Morgan fingerprint density at radius 3 is 2.36 bits per heavy atom. The maximum atomic E-state index is 14.4. The number of aliphatic imine (C=N–C) groups is 1. The monoisotopic (exact) mass is 818 g/mol. The van der Waals surface area contributed by atoms with Crippen molar-refractivity contribution in [1.29, 1.82) is 0 Å². The number of ether oxygens (including phenoxy) is 1. The molecule has 1 aliphatic carbocycles. The van der Waals surface area contributed by atoms with Gasteiger partial charge in [-0.2, -0.15) is 59.9 Å². The number of hydrogen-bond donors (Lipinski definition) is 2. The maximum Gasteiger partial charge on any atom is 0.408 e. The van der Waals surface area contributed by atoms with Gasteiger partial charge in [-0.15, -0.1) is 0 Å². The maximum absolute atomic E-state index is 14.4. The van der Waals surface area contributed by atoms with Crippen LogP contribution in [0.5, 0.6) is 0 Å². The molecule has 13 nitrogen and oxygen atoms in total. The minimum Gasteiger partial charge on any atom is -0.447 e. The van der Waals surface area contributed by atoms with E-state index in [-0.39, 0.29) is 32.4 Å². The lowest BCUT2D eigenvalue weighted by atomic mass is 9.89. The van der Waals surface area contributed by atoms with Crippen LogP contribution in [0.4, 0.5) is 39.9 Å². The summed E-state index contributed by atoms with van der Waals surface area (Å²) in [6.07, 6.45) is -7.39. The third-order valence-electron chi connectivity index (χ3n) is 8.94. The summed E-state index contributed by atoms with van der Waals surface area (Å²) in [5.74, 6) is -2.04. The number of alkyl halides is 8. The number of nitrogens with one attached hydrogen (secondary N) is 1. The molecule has 0 aliphatic heterocycles. The summed E-state index contributed by atoms with van der Waals surface area (Å²) < 4.78 is 114. The summed E-state index contributed by atoms with van der Waals surface area (Å²) in [6, 6.07) is 5.77. The summed E-state index contributed by atoms with van der Waals surface area (Å²) >= 11 is 6.37. The molecule has 0 saturated heterocycles. The Morgan fingerprint density at radius 2 is 1.75 bits per heavy atom. The highest BCUT2D eigenvalue weighted by Crippen LogP contribution is 2.40. The molecule has 0 bridgehead atoms. The molecular formula is C34H35ClF8N10O3. The van der Waals surface area contributed by atoms with Crippen LogP contribution in [0.2, 0.25) is 5.02 Å². The number of rotatable bonds is 13. The van der Waals surface area contributed by atoms with Crippen molar-refractivity contribution in [3.63, 3.8) is 0 Å². The Kier molecular flexibility index (Phi) is 12.3. The van der Waals surface area contributed by atoms with Gasteiger partial charge in [-0.3, -0.25) is 14.7 Å². The largest absolute Gasteiger partial charge is 0.447 e. The van der Waals surface area contributed by atoms with Gasteiger partial charge in [0.05, 0.1) is 28.7 Å². The van der Waals surface area contributed by atoms with E-state index in [0.717, 1.165) is 37.9 Å². The predicted molar refractivity (Wildman–Crippen MR) is 185 cm³/mol. The van der Waals surface area contributed by atoms with Crippen LogP contribution in [-0.4, -0.2) is 84.2 Å². The summed E-state index contributed by atoms with van der Waals surface area (Å²) in [6.45, 7) is -2.12. The standard InChI is InChI=1S/C34H35ClF8N10O3/c1-18(33(38,39)40)49-31(55)56-16-26(21-8-11-24(35)23(14-21)27-46-17-48-52(27)29(36)37)51(30(44)45-13-12-32(2,3)34(41,42)43)28(54)20-6-4-19(5-7-20)25-15-47-53(50-25)22-9-10-22/h4-8,11,14-15,17-18,22,26,29H,9-10,12-13,16H2,1-3H3,(H2,44,45)(H,49,55)/t18-,26+/m0/s1. The number of halogens is 9. The van der Waals surface area contributed by atoms with Crippen molar-refractivity contribution < 1.29 is 49.4 Å². The molecular weight excluding hydrogens is 784 g/mol. The third-order valence-corrected chi connectivity index (χ3v) is 9.27. The van der Waals surface area contributed by atoms with Crippen molar-refractivity contribution >= 4 is 29.6 Å². The summed E-state index contributed by atoms with van der Waals surface area (Å²) in [5.41, 5.74) is 4.93. The Labute approximate surface area is 318 Å². The first-order chi connectivity index (χ1) is 26.2. The van der Waals surface area contributed by atoms with Crippen LogP contribution >= 0.6 is 11.6 Å². The number of carbonyl (C=O) groups excluding carboxylic acids is 2. The van der Waals surface area contributed by atoms with E-state index in [4.69, 9.17) is 22.1 Å². The molecule has 2 atom stereocenters. The van der Waals surface area contributed by atoms with Gasteiger partial charge in [-0.1, -0.05) is 43.6 Å². The number of guanidine groups is 1. The molecule has 0 radical (unpaired) electrons. The first kappa shape index (κ1) is 41.8. The quantitative estimate of drug-likeness (QED) is 0.0788. The lowest BCUT2D eigenvalue weighted by molar-refractivity contribution is -0.212. The smallest absolute Gasteiger partial charge is 0.408 e. The van der Waals surface area contributed by atoms with Crippen molar-refractivity contribution in [1.82, 2.24) is 40.0 Å². The summed E-state index contributed by atoms with van der Waals surface area (Å²) in [5, 5.41) is 13.7. The topological polar surface area (TPSA) is 158 Å². The highest BCUT2D eigenvalue weighted by atomic mass is 35.5. The van der Waals surface area contributed by atoms with E-state index in [1.807, 2.05) is 0 Å². The van der Waals surface area contributed by atoms with Gasteiger partial charge in [0.1, 0.15) is 24.7 Å². The van der Waals surface area contributed by atoms with Crippen LogP contribution in [0.3, 0.4) is 0 Å². The molecule has 4 aromatic rings. The number of aromatic nitrogens is 6. The van der Waals surface area contributed by atoms with Crippen LogP contribution in [-0.2, 0) is 4.74 Å². The zero-order valence-corrected chi connectivity index (χ0v) is 30.6. The van der Waals surface area contributed by atoms with Crippen LogP contribution in [0.1, 0.15) is 74.6 Å². The fourth-order valence-electron chi connectivity index (χ4n) is 5.17. The van der Waals surface area contributed by atoms with Gasteiger partial charge in [0, 0.05) is 23.2 Å². The van der Waals surface area contributed by atoms with Crippen LogP contribution in [0.15, 0.2) is 60.0 Å². The molecule has 22 heteroatoms. The van der Waals surface area contributed by atoms with Crippen LogP contribution in [0, 0.1) is 5.41 Å².